The van der Waals surface area contributed by atoms with Gasteiger partial charge in [-0.1, -0.05) is 31.5 Å². The van der Waals surface area contributed by atoms with Gasteiger partial charge in [-0.15, -0.1) is 5.10 Å². The molecule has 19 heavy (non-hydrogen) atoms. The second-order valence-corrected chi connectivity index (χ2v) is 5.91. The van der Waals surface area contributed by atoms with Crippen molar-refractivity contribution in [3.63, 3.8) is 0 Å². The van der Waals surface area contributed by atoms with Crippen LogP contribution in [0.4, 0.5) is 0 Å². The van der Waals surface area contributed by atoms with Crippen molar-refractivity contribution in [2.45, 2.75) is 39.2 Å². The third-order valence-electron chi connectivity index (χ3n) is 4.23. The average molecular weight is 259 g/mol. The van der Waals surface area contributed by atoms with E-state index in [9.17, 15) is 9.90 Å². The molecule has 0 spiro atoms. The maximum atomic E-state index is 11.2. The van der Waals surface area contributed by atoms with Gasteiger partial charge in [-0.25, -0.2) is 9.48 Å². The molecule has 2 aromatic rings. The molecule has 5 nitrogen and oxygen atoms in total. The lowest BCUT2D eigenvalue weighted by Gasteiger charge is -2.27. The predicted molar refractivity (Wildman–Crippen MR) is 71.2 cm³/mol. The first-order chi connectivity index (χ1) is 9.00. The molecule has 1 N–H and O–H groups in total. The van der Waals surface area contributed by atoms with Gasteiger partial charge in [0.1, 0.15) is 5.52 Å². The number of carbonyl (C=O) groups is 1. The van der Waals surface area contributed by atoms with Crippen molar-refractivity contribution in [1.29, 1.82) is 0 Å². The molecular formula is C14H17N3O2. The third-order valence-corrected chi connectivity index (χ3v) is 4.23. The van der Waals surface area contributed by atoms with E-state index in [1.165, 1.54) is 6.42 Å². The molecule has 1 saturated carbocycles. The molecule has 3 rings (SSSR count). The van der Waals surface area contributed by atoms with Crippen LogP contribution in [0.15, 0.2) is 18.2 Å². The minimum atomic E-state index is -0.955. The number of nitrogens with zero attached hydrogens (tertiary/aromatic N) is 3. The molecule has 5 heteroatoms. The fourth-order valence-electron chi connectivity index (χ4n) is 3.13. The first kappa shape index (κ1) is 12.1. The highest BCUT2D eigenvalue weighted by atomic mass is 16.4. The van der Waals surface area contributed by atoms with Crippen LogP contribution in [0.25, 0.3) is 11.0 Å². The Morgan fingerprint density at radius 1 is 1.47 bits per heavy atom. The highest BCUT2D eigenvalue weighted by molar-refractivity contribution is 6.00. The van der Waals surface area contributed by atoms with Gasteiger partial charge in [0.25, 0.3) is 0 Å². The summed E-state index contributed by atoms with van der Waals surface area (Å²) in [4.78, 5) is 11.2. The van der Waals surface area contributed by atoms with E-state index in [1.54, 1.807) is 12.1 Å². The molecule has 1 heterocycles. The second-order valence-electron chi connectivity index (χ2n) is 5.91. The zero-order valence-electron chi connectivity index (χ0n) is 11.1. The highest BCUT2D eigenvalue weighted by Crippen LogP contribution is 2.46. The molecule has 0 radical (unpaired) electrons. The zero-order valence-corrected chi connectivity index (χ0v) is 11.1. The van der Waals surface area contributed by atoms with Crippen LogP contribution in [0.1, 0.15) is 49.5 Å². The molecule has 0 aliphatic heterocycles. The monoisotopic (exact) mass is 259 g/mol. The number of benzene rings is 1. The van der Waals surface area contributed by atoms with Gasteiger partial charge in [0, 0.05) is 0 Å². The smallest absolute Gasteiger partial charge is 0.338 e. The molecule has 100 valence electrons. The van der Waals surface area contributed by atoms with Gasteiger partial charge in [-0.2, -0.15) is 0 Å². The highest BCUT2D eigenvalue weighted by Gasteiger charge is 2.37. The van der Waals surface area contributed by atoms with E-state index >= 15 is 0 Å². The summed E-state index contributed by atoms with van der Waals surface area (Å²) in [5.41, 5.74) is 1.71. The minimum absolute atomic E-state index is 0.180. The number of fused-ring (bicyclic) bond motifs is 1. The number of aromatic carboxylic acids is 1. The van der Waals surface area contributed by atoms with Gasteiger partial charge >= 0.3 is 5.97 Å². The van der Waals surface area contributed by atoms with E-state index in [2.05, 4.69) is 24.2 Å². The lowest BCUT2D eigenvalue weighted by molar-refractivity contribution is 0.0699. The number of carboxylic acid groups (broad SMARTS) is 1. The van der Waals surface area contributed by atoms with Crippen molar-refractivity contribution in [1.82, 2.24) is 15.0 Å². The molecule has 1 aromatic carbocycles. The van der Waals surface area contributed by atoms with E-state index in [4.69, 9.17) is 0 Å². The Hall–Kier alpha value is -1.91. The minimum Gasteiger partial charge on any atom is -0.478 e. The number of hydrogen-bond acceptors (Lipinski definition) is 3. The maximum absolute atomic E-state index is 11.2. The quantitative estimate of drug-likeness (QED) is 0.900. The van der Waals surface area contributed by atoms with Crippen molar-refractivity contribution in [3.8, 4) is 0 Å². The number of rotatable bonds is 2. The third kappa shape index (κ3) is 1.80. The van der Waals surface area contributed by atoms with Gasteiger partial charge in [0.2, 0.25) is 0 Å². The lowest BCUT2D eigenvalue weighted by atomic mass is 9.87. The maximum Gasteiger partial charge on any atom is 0.338 e. The summed E-state index contributed by atoms with van der Waals surface area (Å²) >= 11 is 0. The van der Waals surface area contributed by atoms with Crippen molar-refractivity contribution in [3.05, 3.63) is 23.8 Å². The van der Waals surface area contributed by atoms with E-state index in [0.717, 1.165) is 18.4 Å². The normalized spacial score (nSPS) is 21.9. The van der Waals surface area contributed by atoms with Gasteiger partial charge in [-0.3, -0.25) is 0 Å². The fourth-order valence-corrected chi connectivity index (χ4v) is 3.13. The summed E-state index contributed by atoms with van der Waals surface area (Å²) in [5.74, 6) is -0.955. The van der Waals surface area contributed by atoms with E-state index < -0.39 is 5.97 Å². The van der Waals surface area contributed by atoms with Crippen LogP contribution in [-0.2, 0) is 0 Å². The molecular weight excluding hydrogens is 242 g/mol. The number of hydrogen-bond donors (Lipinski definition) is 1. The second kappa shape index (κ2) is 4.05. The Morgan fingerprint density at radius 2 is 2.26 bits per heavy atom. The molecule has 0 saturated heterocycles. The molecule has 0 bridgehead atoms. The van der Waals surface area contributed by atoms with Gasteiger partial charge in [0.05, 0.1) is 17.1 Å². The molecule has 1 atom stereocenters. The summed E-state index contributed by atoms with van der Waals surface area (Å²) in [5, 5.41) is 17.5. The van der Waals surface area contributed by atoms with E-state index in [-0.39, 0.29) is 11.0 Å². The van der Waals surface area contributed by atoms with Crippen LogP contribution >= 0.6 is 0 Å². The Kier molecular flexibility index (Phi) is 2.59. The Bertz CT molecular complexity index is 645. The average Bonchev–Trinajstić information content (AvgIpc) is 2.91. The summed E-state index contributed by atoms with van der Waals surface area (Å²) in [6, 6.07) is 5.52. The van der Waals surface area contributed by atoms with Crippen LogP contribution in [0, 0.1) is 5.41 Å². The summed E-state index contributed by atoms with van der Waals surface area (Å²) in [6.45, 7) is 4.47. The summed E-state index contributed by atoms with van der Waals surface area (Å²) < 4.78 is 1.91. The molecule has 0 amide bonds. The molecule has 1 aliphatic rings. The summed E-state index contributed by atoms with van der Waals surface area (Å²) in [7, 11) is 0. The SMILES string of the molecule is CC1(C)CCCC1n1nnc2c(C(=O)O)cccc21. The van der Waals surface area contributed by atoms with Gasteiger partial charge in [-0.05, 0) is 30.4 Å². The lowest BCUT2D eigenvalue weighted by Crippen LogP contribution is -2.22. The summed E-state index contributed by atoms with van der Waals surface area (Å²) in [6.07, 6.45) is 3.41. The van der Waals surface area contributed by atoms with Gasteiger partial charge in [0.15, 0.2) is 0 Å². The van der Waals surface area contributed by atoms with Crippen LogP contribution in [0.2, 0.25) is 0 Å². The standard InChI is InChI=1S/C14H17N3O2/c1-14(2)8-4-7-11(14)17-10-6-3-5-9(13(18)19)12(10)15-16-17/h3,5-6,11H,4,7-8H2,1-2H3,(H,18,19). The first-order valence-electron chi connectivity index (χ1n) is 6.58. The van der Waals surface area contributed by atoms with Gasteiger partial charge < -0.3 is 5.11 Å². The van der Waals surface area contributed by atoms with Crippen LogP contribution in [0.5, 0.6) is 0 Å². The molecule has 1 aliphatic carbocycles. The first-order valence-corrected chi connectivity index (χ1v) is 6.58. The number of aromatic nitrogens is 3. The zero-order chi connectivity index (χ0) is 13.6. The van der Waals surface area contributed by atoms with Crippen molar-refractivity contribution in [2.24, 2.45) is 5.41 Å². The predicted octanol–water partition coefficient (Wildman–Crippen LogP) is 2.88. The van der Waals surface area contributed by atoms with Crippen LogP contribution < -0.4 is 0 Å². The Balaban J connectivity index is 2.16. The Labute approximate surface area is 111 Å². The van der Waals surface area contributed by atoms with Crippen LogP contribution in [-0.4, -0.2) is 26.1 Å². The number of carboxylic acids is 1. The van der Waals surface area contributed by atoms with Crippen molar-refractivity contribution in [2.75, 3.05) is 0 Å². The van der Waals surface area contributed by atoms with E-state index in [0.29, 0.717) is 11.6 Å². The van der Waals surface area contributed by atoms with Crippen molar-refractivity contribution < 1.29 is 9.90 Å². The van der Waals surface area contributed by atoms with Crippen molar-refractivity contribution >= 4 is 17.0 Å². The Morgan fingerprint density at radius 3 is 2.89 bits per heavy atom. The largest absolute Gasteiger partial charge is 0.478 e. The molecule has 1 aromatic heterocycles. The topological polar surface area (TPSA) is 68.0 Å². The molecule has 1 unspecified atom stereocenters. The fraction of sp³-hybridized carbons (Fsp3) is 0.500. The molecule has 1 fully saturated rings. The van der Waals surface area contributed by atoms with E-state index in [1.807, 2.05) is 10.7 Å². The van der Waals surface area contributed by atoms with Crippen LogP contribution in [0.3, 0.4) is 0 Å².